The zero-order valence-corrected chi connectivity index (χ0v) is 19.0. The first kappa shape index (κ1) is 22.8. The molecule has 1 aromatic heterocycles. The molecule has 30 heavy (non-hydrogen) atoms. The van der Waals surface area contributed by atoms with Crippen LogP contribution in [0.15, 0.2) is 40.1 Å². The zero-order valence-electron chi connectivity index (χ0n) is 17.3. The largest absolute Gasteiger partial charge is 0.461 e. The Morgan fingerprint density at radius 3 is 3.00 bits per heavy atom. The monoisotopic (exact) mass is 447 g/mol. The van der Waals surface area contributed by atoms with Gasteiger partial charge in [-0.1, -0.05) is 55.4 Å². The van der Waals surface area contributed by atoms with Gasteiger partial charge in [0.05, 0.1) is 6.61 Å². The molecule has 8 heteroatoms. The molecule has 0 unspecified atom stereocenters. The molecule has 0 bridgehead atoms. The number of likely N-dealkylation sites (tertiary alicyclic amines) is 1. The van der Waals surface area contributed by atoms with E-state index in [4.69, 9.17) is 4.74 Å². The molecule has 1 amide bonds. The number of aromatic nitrogens is 1. The van der Waals surface area contributed by atoms with Crippen LogP contribution in [0.4, 0.5) is 0 Å². The topological polar surface area (TPSA) is 71.5 Å². The molecule has 1 N–H and O–H groups in total. The summed E-state index contributed by atoms with van der Waals surface area (Å²) in [5.74, 6) is 0.630. The summed E-state index contributed by atoms with van der Waals surface area (Å²) < 4.78 is 6.04. The van der Waals surface area contributed by atoms with Crippen LogP contribution in [0.3, 0.4) is 0 Å². The summed E-state index contributed by atoms with van der Waals surface area (Å²) in [7, 11) is 0. The van der Waals surface area contributed by atoms with Crippen molar-refractivity contribution in [3.8, 4) is 0 Å². The van der Waals surface area contributed by atoms with Crippen LogP contribution in [-0.4, -0.2) is 53.3 Å². The van der Waals surface area contributed by atoms with E-state index in [9.17, 15) is 9.59 Å². The minimum atomic E-state index is -0.356. The number of benzene rings is 1. The first-order valence-corrected chi connectivity index (χ1v) is 12.3. The van der Waals surface area contributed by atoms with Crippen LogP contribution in [0, 0.1) is 0 Å². The zero-order chi connectivity index (χ0) is 21.2. The van der Waals surface area contributed by atoms with Gasteiger partial charge >= 0.3 is 5.97 Å². The summed E-state index contributed by atoms with van der Waals surface area (Å²) in [5, 5.41) is 5.22. The predicted octanol–water partition coefficient (Wildman–Crippen LogP) is 3.97. The minimum absolute atomic E-state index is 0.224. The predicted molar refractivity (Wildman–Crippen MR) is 121 cm³/mol. The van der Waals surface area contributed by atoms with Gasteiger partial charge in [0.15, 0.2) is 10.0 Å². The maximum atomic E-state index is 12.3. The quantitative estimate of drug-likeness (QED) is 0.302. The lowest BCUT2D eigenvalue weighted by Gasteiger charge is -2.25. The highest BCUT2D eigenvalue weighted by Crippen LogP contribution is 2.25. The number of nitrogens with zero attached hydrogens (tertiary/aromatic N) is 2. The second kappa shape index (κ2) is 12.1. The average molecular weight is 448 g/mol. The molecule has 2 aromatic rings. The second-order valence-electron chi connectivity index (χ2n) is 7.23. The maximum absolute atomic E-state index is 12.3. The Kier molecular flexibility index (Phi) is 9.17. The standard InChI is InChI=1S/C22H29N3O3S2/c1-2-3-12-28-21(27)19-16-30-22(24-19)29-13-11-25-18(9-10-20(25)26)15-23-14-17-7-5-4-6-8-17/h4-8,16,18,23H,2-3,9-15H2,1H3/t18-/m1/s1. The highest BCUT2D eigenvalue weighted by atomic mass is 32.2. The van der Waals surface area contributed by atoms with E-state index in [1.807, 2.05) is 23.1 Å². The van der Waals surface area contributed by atoms with Crippen LogP contribution in [0.2, 0.25) is 0 Å². The number of hydrogen-bond acceptors (Lipinski definition) is 7. The van der Waals surface area contributed by atoms with Crippen molar-refractivity contribution in [1.82, 2.24) is 15.2 Å². The highest BCUT2D eigenvalue weighted by Gasteiger charge is 2.30. The molecule has 2 heterocycles. The molecule has 1 aliphatic heterocycles. The number of unbranched alkanes of at least 4 members (excludes halogenated alkanes) is 1. The van der Waals surface area contributed by atoms with Crippen LogP contribution >= 0.6 is 23.1 Å². The normalized spacial score (nSPS) is 16.2. The molecule has 3 rings (SSSR count). The number of esters is 1. The molecular weight excluding hydrogens is 418 g/mol. The molecule has 1 aliphatic rings. The van der Waals surface area contributed by atoms with Gasteiger partial charge in [-0.2, -0.15) is 0 Å². The Bertz CT molecular complexity index is 813. The van der Waals surface area contributed by atoms with E-state index in [-0.39, 0.29) is 17.9 Å². The number of rotatable bonds is 12. The number of nitrogens with one attached hydrogen (secondary N) is 1. The molecule has 162 valence electrons. The van der Waals surface area contributed by atoms with Gasteiger partial charge in [0, 0.05) is 43.2 Å². The lowest BCUT2D eigenvalue weighted by atomic mass is 10.2. The summed E-state index contributed by atoms with van der Waals surface area (Å²) in [5.41, 5.74) is 1.62. The van der Waals surface area contributed by atoms with Crippen molar-refractivity contribution < 1.29 is 14.3 Å². The summed E-state index contributed by atoms with van der Waals surface area (Å²) in [6, 6.07) is 10.5. The van der Waals surface area contributed by atoms with Crippen LogP contribution in [0.25, 0.3) is 0 Å². The molecule has 1 aromatic carbocycles. The maximum Gasteiger partial charge on any atom is 0.357 e. The van der Waals surface area contributed by atoms with Gasteiger partial charge in [0.2, 0.25) is 5.91 Å². The van der Waals surface area contributed by atoms with Crippen molar-refractivity contribution >= 4 is 35.0 Å². The van der Waals surface area contributed by atoms with Crippen molar-refractivity contribution in [2.24, 2.45) is 0 Å². The van der Waals surface area contributed by atoms with Gasteiger partial charge in [-0.15, -0.1) is 11.3 Å². The Hall–Kier alpha value is -1.90. The molecule has 6 nitrogen and oxygen atoms in total. The fourth-order valence-corrected chi connectivity index (χ4v) is 5.13. The van der Waals surface area contributed by atoms with Gasteiger partial charge in [-0.25, -0.2) is 9.78 Å². The molecular formula is C22H29N3O3S2. The Labute approximate surface area is 186 Å². The summed E-state index contributed by atoms with van der Waals surface area (Å²) in [6.07, 6.45) is 3.37. The van der Waals surface area contributed by atoms with Gasteiger partial charge in [0.1, 0.15) is 0 Å². The summed E-state index contributed by atoms with van der Waals surface area (Å²) in [4.78, 5) is 30.6. The van der Waals surface area contributed by atoms with Crippen molar-refractivity contribution in [1.29, 1.82) is 0 Å². The Morgan fingerprint density at radius 1 is 1.37 bits per heavy atom. The van der Waals surface area contributed by atoms with Crippen molar-refractivity contribution in [3.63, 3.8) is 0 Å². The molecule has 0 saturated carbocycles. The van der Waals surface area contributed by atoms with Crippen LogP contribution in [0.5, 0.6) is 0 Å². The Morgan fingerprint density at radius 2 is 2.20 bits per heavy atom. The van der Waals surface area contributed by atoms with E-state index in [2.05, 4.69) is 29.4 Å². The first-order valence-electron chi connectivity index (χ1n) is 10.5. The fraction of sp³-hybridized carbons (Fsp3) is 0.500. The van der Waals surface area contributed by atoms with Crippen molar-refractivity contribution in [2.45, 2.75) is 49.5 Å². The highest BCUT2D eigenvalue weighted by molar-refractivity contribution is 8.01. The van der Waals surface area contributed by atoms with Gasteiger partial charge in [-0.3, -0.25) is 4.79 Å². The molecule has 1 saturated heterocycles. The SMILES string of the molecule is CCCCOC(=O)c1csc(SCCN2C(=O)CC[C@@H]2CNCc2ccccc2)n1. The number of carbonyl (C=O) groups is 2. The van der Waals surface area contributed by atoms with E-state index < -0.39 is 0 Å². The van der Waals surface area contributed by atoms with Gasteiger partial charge in [0.25, 0.3) is 0 Å². The fourth-order valence-electron chi connectivity index (χ4n) is 3.32. The van der Waals surface area contributed by atoms with E-state index in [1.54, 1.807) is 17.1 Å². The van der Waals surface area contributed by atoms with E-state index >= 15 is 0 Å². The van der Waals surface area contributed by atoms with Crippen LogP contribution < -0.4 is 5.32 Å². The summed E-state index contributed by atoms with van der Waals surface area (Å²) >= 11 is 3.03. The molecule has 0 radical (unpaired) electrons. The van der Waals surface area contributed by atoms with E-state index in [0.29, 0.717) is 25.3 Å². The van der Waals surface area contributed by atoms with Gasteiger partial charge < -0.3 is 15.0 Å². The molecule has 1 atom stereocenters. The Balaban J connectivity index is 1.40. The van der Waals surface area contributed by atoms with Crippen molar-refractivity contribution in [2.75, 3.05) is 25.4 Å². The number of thioether (sulfide) groups is 1. The third kappa shape index (κ3) is 6.82. The van der Waals surface area contributed by atoms with E-state index in [1.165, 1.54) is 16.9 Å². The number of hydrogen-bond donors (Lipinski definition) is 1. The average Bonchev–Trinajstić information content (AvgIpc) is 3.37. The van der Waals surface area contributed by atoms with Crippen molar-refractivity contribution in [3.05, 3.63) is 47.0 Å². The molecule has 1 fully saturated rings. The third-order valence-corrected chi connectivity index (χ3v) is 6.99. The third-order valence-electron chi connectivity index (χ3n) is 4.99. The molecule has 0 spiro atoms. The van der Waals surface area contributed by atoms with Crippen LogP contribution in [-0.2, 0) is 16.1 Å². The lowest BCUT2D eigenvalue weighted by molar-refractivity contribution is -0.128. The number of carbonyl (C=O) groups excluding carboxylic acids is 2. The number of amides is 1. The van der Waals surface area contributed by atoms with Gasteiger partial charge in [-0.05, 0) is 18.4 Å². The van der Waals surface area contributed by atoms with E-state index in [0.717, 1.165) is 42.4 Å². The number of thiazole rings is 1. The first-order chi connectivity index (χ1) is 14.7. The second-order valence-corrected chi connectivity index (χ2v) is 9.43. The minimum Gasteiger partial charge on any atom is -0.461 e. The van der Waals surface area contributed by atoms with Crippen LogP contribution in [0.1, 0.15) is 48.7 Å². The smallest absolute Gasteiger partial charge is 0.357 e. The molecule has 0 aliphatic carbocycles. The summed E-state index contributed by atoms with van der Waals surface area (Å²) in [6.45, 7) is 4.80. The lowest BCUT2D eigenvalue weighted by Crippen LogP contribution is -2.41. The number of ether oxygens (including phenoxy) is 1.